The fourth-order valence-electron chi connectivity index (χ4n) is 3.88. The van der Waals surface area contributed by atoms with Gasteiger partial charge in [-0.15, -0.1) is 0 Å². The first kappa shape index (κ1) is 15.8. The van der Waals surface area contributed by atoms with Crippen LogP contribution in [-0.2, 0) is 4.79 Å². The number of carbonyl (C=O) groups excluding carboxylic acids is 1. The molecule has 1 saturated carbocycles. The molecule has 1 heterocycles. The standard InChI is InChI=1S/C17H32N2O/c1-10(2)13-15(20)19(14(18-13)11(3)4)9-12-16(5,6)17(12,7)8/h10-14,18H,9H2,1-8H3. The van der Waals surface area contributed by atoms with Gasteiger partial charge in [0.2, 0.25) is 5.91 Å². The van der Waals surface area contributed by atoms with Crippen molar-refractivity contribution in [3.05, 3.63) is 0 Å². The molecular weight excluding hydrogens is 248 g/mol. The first-order valence-corrected chi connectivity index (χ1v) is 8.08. The van der Waals surface area contributed by atoms with E-state index in [1.807, 2.05) is 0 Å². The molecule has 3 heteroatoms. The summed E-state index contributed by atoms with van der Waals surface area (Å²) in [5, 5.41) is 3.55. The number of amides is 1. The Labute approximate surface area is 124 Å². The van der Waals surface area contributed by atoms with Crippen LogP contribution in [0, 0.1) is 28.6 Å². The predicted octanol–water partition coefficient (Wildman–Crippen LogP) is 3.11. The zero-order chi connectivity index (χ0) is 15.5. The molecular formula is C17H32N2O. The smallest absolute Gasteiger partial charge is 0.241 e. The maximum atomic E-state index is 12.7. The molecule has 0 bridgehead atoms. The van der Waals surface area contributed by atoms with Crippen LogP contribution in [0.15, 0.2) is 0 Å². The van der Waals surface area contributed by atoms with E-state index in [4.69, 9.17) is 0 Å². The molecule has 1 N–H and O–H groups in total. The number of nitrogens with zero attached hydrogens (tertiary/aromatic N) is 1. The van der Waals surface area contributed by atoms with Gasteiger partial charge in [0, 0.05) is 6.54 Å². The molecule has 20 heavy (non-hydrogen) atoms. The Bertz CT molecular complexity index is 384. The molecule has 0 spiro atoms. The van der Waals surface area contributed by atoms with E-state index in [1.54, 1.807) is 0 Å². The summed E-state index contributed by atoms with van der Waals surface area (Å²) in [5.41, 5.74) is 0.676. The van der Waals surface area contributed by atoms with Gasteiger partial charge in [0.05, 0.1) is 12.2 Å². The molecule has 1 saturated heterocycles. The Morgan fingerprint density at radius 1 is 1.05 bits per heavy atom. The van der Waals surface area contributed by atoms with E-state index in [-0.39, 0.29) is 12.2 Å². The highest BCUT2D eigenvalue weighted by atomic mass is 16.2. The molecule has 0 aromatic rings. The van der Waals surface area contributed by atoms with Gasteiger partial charge < -0.3 is 4.90 Å². The second kappa shape index (κ2) is 4.72. The highest BCUT2D eigenvalue weighted by Gasteiger charge is 2.65. The quantitative estimate of drug-likeness (QED) is 0.858. The average Bonchev–Trinajstić information content (AvgIpc) is 2.57. The lowest BCUT2D eigenvalue weighted by molar-refractivity contribution is -0.131. The minimum atomic E-state index is -0.00706. The van der Waals surface area contributed by atoms with Crippen LogP contribution in [0.5, 0.6) is 0 Å². The Hall–Kier alpha value is -0.570. The Kier molecular flexibility index (Phi) is 3.73. The van der Waals surface area contributed by atoms with E-state index < -0.39 is 0 Å². The molecule has 1 aliphatic heterocycles. The molecule has 0 aromatic carbocycles. The molecule has 0 radical (unpaired) electrons. The van der Waals surface area contributed by atoms with Crippen molar-refractivity contribution in [2.75, 3.05) is 6.54 Å². The van der Waals surface area contributed by atoms with Crippen LogP contribution in [0.4, 0.5) is 0 Å². The van der Waals surface area contributed by atoms with Crippen molar-refractivity contribution >= 4 is 5.91 Å². The van der Waals surface area contributed by atoms with Gasteiger partial charge in [-0.1, -0.05) is 55.4 Å². The first-order valence-electron chi connectivity index (χ1n) is 8.08. The molecule has 2 aliphatic rings. The van der Waals surface area contributed by atoms with Crippen LogP contribution < -0.4 is 5.32 Å². The van der Waals surface area contributed by atoms with E-state index in [0.717, 1.165) is 6.54 Å². The van der Waals surface area contributed by atoms with E-state index in [2.05, 4.69) is 65.6 Å². The minimum Gasteiger partial charge on any atom is -0.325 e. The maximum absolute atomic E-state index is 12.7. The van der Waals surface area contributed by atoms with Gasteiger partial charge >= 0.3 is 0 Å². The van der Waals surface area contributed by atoms with Crippen molar-refractivity contribution < 1.29 is 4.79 Å². The lowest BCUT2D eigenvalue weighted by atomic mass is 10.0. The molecule has 1 aliphatic carbocycles. The highest BCUT2D eigenvalue weighted by molar-refractivity contribution is 5.84. The van der Waals surface area contributed by atoms with E-state index in [1.165, 1.54) is 0 Å². The van der Waals surface area contributed by atoms with Crippen molar-refractivity contribution in [3.63, 3.8) is 0 Å². The molecule has 3 nitrogen and oxygen atoms in total. The second-order valence-electron chi connectivity index (χ2n) is 8.56. The lowest BCUT2D eigenvalue weighted by Crippen LogP contribution is -2.43. The predicted molar refractivity (Wildman–Crippen MR) is 83.2 cm³/mol. The fraction of sp³-hybridized carbons (Fsp3) is 0.941. The minimum absolute atomic E-state index is 0.00706. The summed E-state index contributed by atoms with van der Waals surface area (Å²) in [6.45, 7) is 18.9. The maximum Gasteiger partial charge on any atom is 0.241 e. The van der Waals surface area contributed by atoms with Crippen molar-refractivity contribution in [1.82, 2.24) is 10.2 Å². The van der Waals surface area contributed by atoms with Gasteiger partial charge in [0.25, 0.3) is 0 Å². The molecule has 1 amide bonds. The van der Waals surface area contributed by atoms with Gasteiger partial charge in [-0.3, -0.25) is 10.1 Å². The average molecular weight is 280 g/mol. The summed E-state index contributed by atoms with van der Waals surface area (Å²) in [4.78, 5) is 14.8. The van der Waals surface area contributed by atoms with E-state index >= 15 is 0 Å². The number of hydrogen-bond donors (Lipinski definition) is 1. The molecule has 2 fully saturated rings. The lowest BCUT2D eigenvalue weighted by Gasteiger charge is -2.28. The summed E-state index contributed by atoms with van der Waals surface area (Å²) in [5.74, 6) is 1.71. The van der Waals surface area contributed by atoms with Crippen LogP contribution in [0.2, 0.25) is 0 Å². The van der Waals surface area contributed by atoms with Crippen LogP contribution in [0.1, 0.15) is 55.4 Å². The SMILES string of the molecule is CC(C)C1NC(C(C)C)N(CC2C(C)(C)C2(C)C)C1=O. The summed E-state index contributed by atoms with van der Waals surface area (Å²) >= 11 is 0. The highest BCUT2D eigenvalue weighted by Crippen LogP contribution is 2.68. The second-order valence-corrected chi connectivity index (χ2v) is 8.56. The van der Waals surface area contributed by atoms with Gasteiger partial charge in [0.1, 0.15) is 0 Å². The van der Waals surface area contributed by atoms with Crippen molar-refractivity contribution in [2.24, 2.45) is 28.6 Å². The topological polar surface area (TPSA) is 32.3 Å². The van der Waals surface area contributed by atoms with Gasteiger partial charge in [-0.2, -0.15) is 0 Å². The summed E-state index contributed by atoms with van der Waals surface area (Å²) in [6, 6.07) is -0.00706. The number of hydrogen-bond acceptors (Lipinski definition) is 2. The monoisotopic (exact) mass is 280 g/mol. The van der Waals surface area contributed by atoms with Crippen LogP contribution in [0.25, 0.3) is 0 Å². The normalized spacial score (nSPS) is 32.5. The first-order chi connectivity index (χ1) is 9.01. The van der Waals surface area contributed by atoms with Crippen LogP contribution >= 0.6 is 0 Å². The summed E-state index contributed by atoms with van der Waals surface area (Å²) in [7, 11) is 0. The molecule has 2 atom stereocenters. The van der Waals surface area contributed by atoms with Crippen molar-refractivity contribution in [1.29, 1.82) is 0 Å². The van der Waals surface area contributed by atoms with E-state index in [0.29, 0.717) is 34.5 Å². The van der Waals surface area contributed by atoms with Gasteiger partial charge in [-0.25, -0.2) is 0 Å². The van der Waals surface area contributed by atoms with Crippen LogP contribution in [0.3, 0.4) is 0 Å². The van der Waals surface area contributed by atoms with Crippen LogP contribution in [-0.4, -0.2) is 29.6 Å². The summed E-state index contributed by atoms with van der Waals surface area (Å²) < 4.78 is 0. The largest absolute Gasteiger partial charge is 0.325 e. The van der Waals surface area contributed by atoms with E-state index in [9.17, 15) is 4.79 Å². The number of nitrogens with one attached hydrogen (secondary N) is 1. The van der Waals surface area contributed by atoms with Crippen molar-refractivity contribution in [3.8, 4) is 0 Å². The fourth-order valence-corrected chi connectivity index (χ4v) is 3.88. The van der Waals surface area contributed by atoms with Gasteiger partial charge in [0.15, 0.2) is 0 Å². The molecule has 0 aromatic heterocycles. The van der Waals surface area contributed by atoms with Crippen molar-refractivity contribution in [2.45, 2.75) is 67.6 Å². The third kappa shape index (κ3) is 2.18. The molecule has 2 rings (SSSR count). The third-order valence-electron chi connectivity index (χ3n) is 6.23. The number of rotatable bonds is 4. The Balaban J connectivity index is 2.15. The summed E-state index contributed by atoms with van der Waals surface area (Å²) in [6.07, 6.45) is 0.196. The zero-order valence-electron chi connectivity index (χ0n) is 14.4. The zero-order valence-corrected chi connectivity index (χ0v) is 14.4. The third-order valence-corrected chi connectivity index (χ3v) is 6.23. The van der Waals surface area contributed by atoms with Gasteiger partial charge in [-0.05, 0) is 28.6 Å². The molecule has 2 unspecified atom stereocenters. The number of carbonyl (C=O) groups is 1. The Morgan fingerprint density at radius 2 is 1.55 bits per heavy atom. The Morgan fingerprint density at radius 3 is 1.90 bits per heavy atom. The molecule has 116 valence electrons.